The Kier molecular flexibility index (Phi) is 3.37. The number of anilines is 1. The molecule has 3 rings (SSSR count). The Morgan fingerprint density at radius 1 is 1.55 bits per heavy atom. The van der Waals surface area contributed by atoms with Crippen molar-refractivity contribution in [3.05, 3.63) is 44.8 Å². The fourth-order valence-corrected chi connectivity index (χ4v) is 2.95. The number of rotatable bonds is 2. The van der Waals surface area contributed by atoms with Gasteiger partial charge in [0.05, 0.1) is 23.8 Å². The summed E-state index contributed by atoms with van der Waals surface area (Å²) in [5.41, 5.74) is 0.756. The fraction of sp³-hybridized carbons (Fsp3) is 0.308. The minimum absolute atomic E-state index is 0.111. The van der Waals surface area contributed by atoms with E-state index in [4.69, 9.17) is 4.74 Å². The first-order chi connectivity index (χ1) is 9.65. The number of aryl methyl sites for hydroxylation is 1. The third-order valence-electron chi connectivity index (χ3n) is 3.08. The Labute approximate surface area is 119 Å². The third kappa shape index (κ3) is 2.37. The molecule has 0 saturated heterocycles. The normalized spacial score (nSPS) is 13.8. The lowest BCUT2D eigenvalue weighted by Crippen LogP contribution is -2.26. The standard InChI is InChI=1S/C13H13N3O3S/c1-16-5-2-3-8(12(16)18)11(17)15-13-14-9-4-6-19-7-10(9)20-13/h2-3,5H,4,6-7H2,1H3,(H,14,15,17). The molecule has 0 bridgehead atoms. The van der Waals surface area contributed by atoms with Crippen molar-refractivity contribution in [1.29, 1.82) is 0 Å². The quantitative estimate of drug-likeness (QED) is 0.901. The molecule has 7 heteroatoms. The lowest BCUT2D eigenvalue weighted by molar-refractivity contribution is 0.102. The van der Waals surface area contributed by atoms with Gasteiger partial charge in [-0.25, -0.2) is 4.98 Å². The van der Waals surface area contributed by atoms with E-state index in [1.54, 1.807) is 19.3 Å². The molecule has 6 nitrogen and oxygen atoms in total. The zero-order valence-corrected chi connectivity index (χ0v) is 11.7. The molecule has 0 radical (unpaired) electrons. The Hall–Kier alpha value is -1.99. The predicted octanol–water partition coefficient (Wildman–Crippen LogP) is 1.17. The van der Waals surface area contributed by atoms with E-state index >= 15 is 0 Å². The van der Waals surface area contributed by atoms with Crippen LogP contribution in [0, 0.1) is 0 Å². The van der Waals surface area contributed by atoms with Crippen LogP contribution < -0.4 is 10.9 Å². The Morgan fingerprint density at radius 3 is 3.20 bits per heavy atom. The van der Waals surface area contributed by atoms with Crippen LogP contribution in [0.4, 0.5) is 5.13 Å². The molecule has 0 atom stereocenters. The summed E-state index contributed by atoms with van der Waals surface area (Å²) in [4.78, 5) is 29.4. The molecule has 0 aromatic carbocycles. The van der Waals surface area contributed by atoms with Crippen LogP contribution in [0.25, 0.3) is 0 Å². The summed E-state index contributed by atoms with van der Waals surface area (Å²) in [6, 6.07) is 3.17. The molecule has 0 saturated carbocycles. The number of carbonyl (C=O) groups is 1. The van der Waals surface area contributed by atoms with Crippen LogP contribution in [0.5, 0.6) is 0 Å². The highest BCUT2D eigenvalue weighted by molar-refractivity contribution is 7.15. The number of thiazole rings is 1. The Bertz CT molecular complexity index is 696. The number of amides is 1. The predicted molar refractivity (Wildman–Crippen MR) is 75.1 cm³/mol. The van der Waals surface area contributed by atoms with Gasteiger partial charge in [-0.2, -0.15) is 0 Å². The maximum Gasteiger partial charge on any atom is 0.263 e. The van der Waals surface area contributed by atoms with E-state index in [1.165, 1.54) is 22.0 Å². The Morgan fingerprint density at radius 2 is 2.40 bits per heavy atom. The largest absolute Gasteiger partial charge is 0.375 e. The first-order valence-electron chi connectivity index (χ1n) is 6.18. The van der Waals surface area contributed by atoms with Crippen LogP contribution in [-0.2, 0) is 24.8 Å². The van der Waals surface area contributed by atoms with Gasteiger partial charge in [-0.15, -0.1) is 0 Å². The van der Waals surface area contributed by atoms with Crippen molar-refractivity contribution in [2.45, 2.75) is 13.0 Å². The molecule has 1 aliphatic rings. The van der Waals surface area contributed by atoms with Crippen molar-refractivity contribution in [3.8, 4) is 0 Å². The summed E-state index contributed by atoms with van der Waals surface area (Å²) in [7, 11) is 1.61. The molecule has 1 amide bonds. The number of pyridine rings is 1. The van der Waals surface area contributed by atoms with Gasteiger partial charge < -0.3 is 9.30 Å². The monoisotopic (exact) mass is 291 g/mol. The second-order valence-corrected chi connectivity index (χ2v) is 5.57. The number of fused-ring (bicyclic) bond motifs is 1. The van der Waals surface area contributed by atoms with Gasteiger partial charge in [-0.05, 0) is 12.1 Å². The SMILES string of the molecule is Cn1cccc(C(=O)Nc2nc3c(s2)COCC3)c1=O. The molecular formula is C13H13N3O3S. The van der Waals surface area contributed by atoms with E-state index in [1.807, 2.05) is 0 Å². The topological polar surface area (TPSA) is 73.2 Å². The van der Waals surface area contributed by atoms with E-state index in [2.05, 4.69) is 10.3 Å². The van der Waals surface area contributed by atoms with Crippen LogP contribution in [-0.4, -0.2) is 22.1 Å². The van der Waals surface area contributed by atoms with Gasteiger partial charge in [-0.3, -0.25) is 14.9 Å². The molecule has 2 aromatic heterocycles. The molecule has 0 unspecified atom stereocenters. The van der Waals surface area contributed by atoms with Gasteiger partial charge in [-0.1, -0.05) is 11.3 Å². The minimum atomic E-state index is -0.432. The fourth-order valence-electron chi connectivity index (χ4n) is 2.01. The molecule has 0 fully saturated rings. The smallest absolute Gasteiger partial charge is 0.263 e. The average molecular weight is 291 g/mol. The van der Waals surface area contributed by atoms with Crippen molar-refractivity contribution >= 4 is 22.4 Å². The number of carbonyl (C=O) groups excluding carboxylic acids is 1. The van der Waals surface area contributed by atoms with Crippen LogP contribution in [0.15, 0.2) is 23.1 Å². The molecule has 3 heterocycles. The van der Waals surface area contributed by atoms with Crippen molar-refractivity contribution in [3.63, 3.8) is 0 Å². The van der Waals surface area contributed by atoms with Gasteiger partial charge in [0.25, 0.3) is 11.5 Å². The van der Waals surface area contributed by atoms with Crippen LogP contribution >= 0.6 is 11.3 Å². The van der Waals surface area contributed by atoms with Crippen molar-refractivity contribution in [2.24, 2.45) is 7.05 Å². The van der Waals surface area contributed by atoms with Crippen molar-refractivity contribution in [1.82, 2.24) is 9.55 Å². The highest BCUT2D eigenvalue weighted by Crippen LogP contribution is 2.27. The van der Waals surface area contributed by atoms with Crippen molar-refractivity contribution < 1.29 is 9.53 Å². The first-order valence-corrected chi connectivity index (χ1v) is 7.00. The highest BCUT2D eigenvalue weighted by Gasteiger charge is 2.18. The van der Waals surface area contributed by atoms with Gasteiger partial charge in [0.1, 0.15) is 5.56 Å². The highest BCUT2D eigenvalue weighted by atomic mass is 32.1. The lowest BCUT2D eigenvalue weighted by atomic mass is 10.2. The van der Waals surface area contributed by atoms with Crippen molar-refractivity contribution in [2.75, 3.05) is 11.9 Å². The van der Waals surface area contributed by atoms with Crippen LogP contribution in [0.3, 0.4) is 0 Å². The maximum atomic E-state index is 12.1. The van der Waals surface area contributed by atoms with E-state index < -0.39 is 5.91 Å². The number of hydrogen-bond acceptors (Lipinski definition) is 5. The average Bonchev–Trinajstić information content (AvgIpc) is 2.83. The zero-order chi connectivity index (χ0) is 14.1. The number of hydrogen-bond donors (Lipinski definition) is 1. The van der Waals surface area contributed by atoms with E-state index in [0.29, 0.717) is 18.3 Å². The lowest BCUT2D eigenvalue weighted by Gasteiger charge is -2.08. The third-order valence-corrected chi connectivity index (χ3v) is 4.07. The van der Waals surface area contributed by atoms with Crippen LogP contribution in [0.2, 0.25) is 0 Å². The molecule has 0 aliphatic carbocycles. The maximum absolute atomic E-state index is 12.1. The van der Waals surface area contributed by atoms with Gasteiger partial charge in [0, 0.05) is 19.7 Å². The summed E-state index contributed by atoms with van der Waals surface area (Å²) in [5.74, 6) is -0.432. The van der Waals surface area contributed by atoms with Gasteiger partial charge >= 0.3 is 0 Å². The summed E-state index contributed by atoms with van der Waals surface area (Å²) in [6.45, 7) is 1.19. The van der Waals surface area contributed by atoms with Gasteiger partial charge in [0.15, 0.2) is 5.13 Å². The van der Waals surface area contributed by atoms with E-state index in [0.717, 1.165) is 17.0 Å². The molecule has 1 aliphatic heterocycles. The van der Waals surface area contributed by atoms with E-state index in [9.17, 15) is 9.59 Å². The molecular weight excluding hydrogens is 278 g/mol. The molecule has 1 N–H and O–H groups in total. The summed E-state index contributed by atoms with van der Waals surface area (Å²) >= 11 is 1.39. The Balaban J connectivity index is 1.84. The number of ether oxygens (including phenoxy) is 1. The number of nitrogens with zero attached hydrogens (tertiary/aromatic N) is 2. The summed E-state index contributed by atoms with van der Waals surface area (Å²) in [6.07, 6.45) is 2.37. The number of nitrogens with one attached hydrogen (secondary N) is 1. The summed E-state index contributed by atoms with van der Waals surface area (Å²) in [5, 5.41) is 3.19. The summed E-state index contributed by atoms with van der Waals surface area (Å²) < 4.78 is 6.71. The van der Waals surface area contributed by atoms with Crippen LogP contribution in [0.1, 0.15) is 20.9 Å². The second kappa shape index (κ2) is 5.18. The zero-order valence-electron chi connectivity index (χ0n) is 10.9. The van der Waals surface area contributed by atoms with E-state index in [-0.39, 0.29) is 11.1 Å². The number of aromatic nitrogens is 2. The molecule has 20 heavy (non-hydrogen) atoms. The molecule has 2 aromatic rings. The second-order valence-electron chi connectivity index (χ2n) is 4.48. The first kappa shape index (κ1) is 13.0. The minimum Gasteiger partial charge on any atom is -0.375 e. The molecule has 104 valence electrons. The molecule has 0 spiro atoms. The van der Waals surface area contributed by atoms with Gasteiger partial charge in [0.2, 0.25) is 0 Å².